The lowest BCUT2D eigenvalue weighted by molar-refractivity contribution is 0.201. The predicted molar refractivity (Wildman–Crippen MR) is 104 cm³/mol. The first-order valence-electron chi connectivity index (χ1n) is 9.10. The Morgan fingerprint density at radius 1 is 1.08 bits per heavy atom. The van der Waals surface area contributed by atoms with Gasteiger partial charge in [-0.2, -0.15) is 0 Å². The Hall–Kier alpha value is -2.02. The van der Waals surface area contributed by atoms with Crippen molar-refractivity contribution in [2.45, 2.75) is 31.9 Å². The maximum Gasteiger partial charge on any atom is 0.158 e. The molecule has 1 fully saturated rings. The van der Waals surface area contributed by atoms with Crippen LogP contribution in [-0.4, -0.2) is 37.9 Å². The van der Waals surface area contributed by atoms with Gasteiger partial charge in [0.25, 0.3) is 0 Å². The van der Waals surface area contributed by atoms with Gasteiger partial charge in [0.2, 0.25) is 0 Å². The fraction of sp³-hybridized carbons (Fsp3) is 0.400. The molecule has 1 saturated heterocycles. The summed E-state index contributed by atoms with van der Waals surface area (Å²) in [6.45, 7) is 3.12. The van der Waals surface area contributed by atoms with Gasteiger partial charge in [-0.1, -0.05) is 30.3 Å². The molecule has 4 rings (SSSR count). The molecule has 1 aliphatic heterocycles. The van der Waals surface area contributed by atoms with Crippen LogP contribution in [0.2, 0.25) is 0 Å². The van der Waals surface area contributed by atoms with E-state index in [2.05, 4.69) is 57.6 Å². The van der Waals surface area contributed by atoms with Gasteiger partial charge in [0.05, 0.1) is 0 Å². The summed E-state index contributed by atoms with van der Waals surface area (Å²) in [5.41, 5.74) is 1.30. The highest BCUT2D eigenvalue weighted by molar-refractivity contribution is 7.15. The Bertz CT molecular complexity index is 850. The van der Waals surface area contributed by atoms with Crippen molar-refractivity contribution in [3.8, 4) is 10.4 Å². The third kappa shape index (κ3) is 3.58. The number of benzene rings is 1. The average molecular weight is 369 g/mol. The number of rotatable bonds is 5. The molecule has 0 radical (unpaired) electrons. The third-order valence-corrected chi connectivity index (χ3v) is 6.31. The number of aliphatic hydroxyl groups excluding tert-OH is 1. The summed E-state index contributed by atoms with van der Waals surface area (Å²) in [6.07, 6.45) is 2.18. The van der Waals surface area contributed by atoms with Crippen LogP contribution in [0.1, 0.15) is 35.3 Å². The van der Waals surface area contributed by atoms with Gasteiger partial charge in [-0.3, -0.25) is 4.90 Å². The van der Waals surface area contributed by atoms with Crippen LogP contribution in [0.25, 0.3) is 10.4 Å². The van der Waals surface area contributed by atoms with Crippen molar-refractivity contribution in [3.05, 3.63) is 59.0 Å². The molecule has 3 aromatic rings. The summed E-state index contributed by atoms with van der Waals surface area (Å²) in [5, 5.41) is 17.7. The minimum absolute atomic E-state index is 0.0511. The van der Waals surface area contributed by atoms with Crippen LogP contribution in [0.5, 0.6) is 0 Å². The summed E-state index contributed by atoms with van der Waals surface area (Å²) in [7, 11) is 1.95. The number of nitrogens with zero attached hydrogens (tertiary/aromatic N) is 4. The number of likely N-dealkylation sites (tertiary alicyclic amines) is 1. The standard InChI is InChI=1S/C20H24N4OS/c1-23-19(14-25)21-22-20(23)16-9-11-24(12-10-16)13-17-7-8-18(26-17)15-5-3-2-4-6-15/h2-8,16,25H,9-14H2,1H3. The number of thiophene rings is 1. The molecule has 26 heavy (non-hydrogen) atoms. The highest BCUT2D eigenvalue weighted by Gasteiger charge is 2.25. The molecule has 1 aromatic carbocycles. The zero-order valence-corrected chi connectivity index (χ0v) is 15.8. The fourth-order valence-electron chi connectivity index (χ4n) is 3.66. The molecule has 6 heteroatoms. The number of aliphatic hydroxyl groups is 1. The van der Waals surface area contributed by atoms with Crippen molar-refractivity contribution in [3.63, 3.8) is 0 Å². The van der Waals surface area contributed by atoms with Crippen LogP contribution in [0.3, 0.4) is 0 Å². The van der Waals surface area contributed by atoms with E-state index in [1.807, 2.05) is 23.0 Å². The molecule has 2 aromatic heterocycles. The van der Waals surface area contributed by atoms with Gasteiger partial charge < -0.3 is 9.67 Å². The first-order valence-corrected chi connectivity index (χ1v) is 9.91. The van der Waals surface area contributed by atoms with Crippen LogP contribution in [0, 0.1) is 0 Å². The Balaban J connectivity index is 1.35. The lowest BCUT2D eigenvalue weighted by Crippen LogP contribution is -2.33. The number of hydrogen-bond acceptors (Lipinski definition) is 5. The Kier molecular flexibility index (Phi) is 5.15. The van der Waals surface area contributed by atoms with Crippen LogP contribution in [0.4, 0.5) is 0 Å². The Morgan fingerprint density at radius 3 is 2.54 bits per heavy atom. The SMILES string of the molecule is Cn1c(CO)nnc1C1CCN(Cc2ccc(-c3ccccc3)s2)CC1. The second kappa shape index (κ2) is 7.70. The van der Waals surface area contributed by atoms with Crippen molar-refractivity contribution in [2.75, 3.05) is 13.1 Å². The van der Waals surface area contributed by atoms with Crippen LogP contribution >= 0.6 is 11.3 Å². The van der Waals surface area contributed by atoms with Gasteiger partial charge in [0, 0.05) is 29.3 Å². The van der Waals surface area contributed by atoms with Crippen molar-refractivity contribution >= 4 is 11.3 Å². The minimum atomic E-state index is -0.0511. The first kappa shape index (κ1) is 17.4. The van der Waals surface area contributed by atoms with Gasteiger partial charge >= 0.3 is 0 Å². The van der Waals surface area contributed by atoms with E-state index >= 15 is 0 Å². The summed E-state index contributed by atoms with van der Waals surface area (Å²) in [5.74, 6) is 2.10. The van der Waals surface area contributed by atoms with E-state index in [9.17, 15) is 5.11 Å². The van der Waals surface area contributed by atoms with Gasteiger partial charge in [-0.05, 0) is 43.6 Å². The molecule has 0 amide bonds. The molecule has 1 aliphatic rings. The predicted octanol–water partition coefficient (Wildman–Crippen LogP) is 3.42. The van der Waals surface area contributed by atoms with E-state index < -0.39 is 0 Å². The molecule has 0 aliphatic carbocycles. The van der Waals surface area contributed by atoms with E-state index in [1.54, 1.807) is 0 Å². The van der Waals surface area contributed by atoms with E-state index in [0.717, 1.165) is 38.3 Å². The van der Waals surface area contributed by atoms with Gasteiger partial charge in [-0.25, -0.2) is 0 Å². The Morgan fingerprint density at radius 2 is 1.85 bits per heavy atom. The molecular weight excluding hydrogens is 344 g/mol. The van der Waals surface area contributed by atoms with Gasteiger partial charge in [-0.15, -0.1) is 21.5 Å². The highest BCUT2D eigenvalue weighted by atomic mass is 32.1. The van der Waals surface area contributed by atoms with Crippen LogP contribution in [0.15, 0.2) is 42.5 Å². The van der Waals surface area contributed by atoms with Gasteiger partial charge in [0.15, 0.2) is 5.82 Å². The van der Waals surface area contributed by atoms with Crippen molar-refractivity contribution in [2.24, 2.45) is 7.05 Å². The smallest absolute Gasteiger partial charge is 0.158 e. The summed E-state index contributed by atoms with van der Waals surface area (Å²) >= 11 is 1.89. The lowest BCUT2D eigenvalue weighted by Gasteiger charge is -2.31. The normalized spacial score (nSPS) is 16.2. The fourth-order valence-corrected chi connectivity index (χ4v) is 4.71. The van der Waals surface area contributed by atoms with Crippen molar-refractivity contribution < 1.29 is 5.11 Å². The van der Waals surface area contributed by atoms with E-state index in [1.165, 1.54) is 15.3 Å². The topological polar surface area (TPSA) is 54.2 Å². The van der Waals surface area contributed by atoms with Crippen LogP contribution in [-0.2, 0) is 20.2 Å². The largest absolute Gasteiger partial charge is 0.388 e. The first-order chi connectivity index (χ1) is 12.7. The molecule has 0 atom stereocenters. The number of piperidine rings is 1. The molecule has 0 unspecified atom stereocenters. The average Bonchev–Trinajstić information content (AvgIpc) is 3.30. The van der Waals surface area contributed by atoms with E-state index in [4.69, 9.17) is 0 Å². The number of hydrogen-bond donors (Lipinski definition) is 1. The number of aromatic nitrogens is 3. The maximum absolute atomic E-state index is 9.29. The van der Waals surface area contributed by atoms with Crippen LogP contribution < -0.4 is 0 Å². The summed E-state index contributed by atoms with van der Waals surface area (Å²) in [4.78, 5) is 5.29. The third-order valence-electron chi connectivity index (χ3n) is 5.19. The van der Waals surface area contributed by atoms with Crippen molar-refractivity contribution in [1.29, 1.82) is 0 Å². The second-order valence-corrected chi connectivity index (χ2v) is 8.04. The van der Waals surface area contributed by atoms with Crippen molar-refractivity contribution in [1.82, 2.24) is 19.7 Å². The molecule has 136 valence electrons. The molecule has 1 N–H and O–H groups in total. The summed E-state index contributed by atoms with van der Waals surface area (Å²) < 4.78 is 1.95. The van der Waals surface area contributed by atoms with Gasteiger partial charge in [0.1, 0.15) is 12.4 Å². The molecule has 3 heterocycles. The monoisotopic (exact) mass is 368 g/mol. The summed E-state index contributed by atoms with van der Waals surface area (Å²) in [6, 6.07) is 15.1. The molecule has 0 saturated carbocycles. The van der Waals surface area contributed by atoms with E-state index in [-0.39, 0.29) is 6.61 Å². The zero-order valence-electron chi connectivity index (χ0n) is 15.0. The second-order valence-electron chi connectivity index (χ2n) is 6.87. The molecule has 0 bridgehead atoms. The molecule has 5 nitrogen and oxygen atoms in total. The maximum atomic E-state index is 9.29. The molecular formula is C20H24N4OS. The van der Waals surface area contributed by atoms with E-state index in [0.29, 0.717) is 11.7 Å². The highest BCUT2D eigenvalue weighted by Crippen LogP contribution is 2.31. The minimum Gasteiger partial charge on any atom is -0.388 e. The zero-order chi connectivity index (χ0) is 17.9. The quantitative estimate of drug-likeness (QED) is 0.750. The Labute approximate surface area is 157 Å². The lowest BCUT2D eigenvalue weighted by atomic mass is 9.96. The molecule has 0 spiro atoms.